The van der Waals surface area contributed by atoms with Crippen LogP contribution in [0, 0.1) is 12.7 Å². The van der Waals surface area contributed by atoms with E-state index in [-0.39, 0.29) is 11.9 Å². The van der Waals surface area contributed by atoms with Crippen LogP contribution in [0.2, 0.25) is 0 Å². The molecule has 2 atom stereocenters. The Bertz CT molecular complexity index is 630. The summed E-state index contributed by atoms with van der Waals surface area (Å²) in [6, 6.07) is 13.6. The van der Waals surface area contributed by atoms with E-state index in [1.54, 1.807) is 6.92 Å². The minimum absolute atomic E-state index is 0.00505. The lowest BCUT2D eigenvalue weighted by Gasteiger charge is -2.24. The number of hydrazine groups is 1. The van der Waals surface area contributed by atoms with Crippen molar-refractivity contribution in [3.8, 4) is 0 Å². The van der Waals surface area contributed by atoms with Gasteiger partial charge in [0.2, 0.25) is 0 Å². The number of hydrogen-bond acceptors (Lipinski definition) is 3. The number of nitrogens with one attached hydrogen (secondary N) is 1. The van der Waals surface area contributed by atoms with Gasteiger partial charge in [-0.1, -0.05) is 30.3 Å². The highest BCUT2D eigenvalue weighted by Crippen LogP contribution is 2.45. The van der Waals surface area contributed by atoms with E-state index in [9.17, 15) is 4.39 Å². The molecule has 104 valence electrons. The molecule has 0 saturated carbocycles. The molecule has 0 aliphatic carbocycles. The Morgan fingerprint density at radius 2 is 2.10 bits per heavy atom. The first-order valence-corrected chi connectivity index (χ1v) is 7.63. The van der Waals surface area contributed by atoms with Crippen LogP contribution in [-0.4, -0.2) is 5.75 Å². The van der Waals surface area contributed by atoms with Gasteiger partial charge >= 0.3 is 0 Å². The van der Waals surface area contributed by atoms with E-state index in [1.807, 2.05) is 23.9 Å². The average Bonchev–Trinajstić information content (AvgIpc) is 2.88. The quantitative estimate of drug-likeness (QED) is 0.670. The number of fused-ring (bicyclic) bond motifs is 1. The molecule has 2 unspecified atom stereocenters. The highest BCUT2D eigenvalue weighted by molar-refractivity contribution is 7.99. The molecule has 20 heavy (non-hydrogen) atoms. The second-order valence-electron chi connectivity index (χ2n) is 5.11. The van der Waals surface area contributed by atoms with Gasteiger partial charge in [0.05, 0.1) is 6.04 Å². The van der Waals surface area contributed by atoms with E-state index in [0.717, 1.165) is 11.3 Å². The summed E-state index contributed by atoms with van der Waals surface area (Å²) in [7, 11) is 0. The van der Waals surface area contributed by atoms with Crippen LogP contribution in [0.5, 0.6) is 0 Å². The first-order chi connectivity index (χ1) is 9.70. The Balaban J connectivity index is 1.97. The fourth-order valence-corrected chi connectivity index (χ4v) is 4.06. The summed E-state index contributed by atoms with van der Waals surface area (Å²) < 4.78 is 13.4. The van der Waals surface area contributed by atoms with Crippen molar-refractivity contribution in [2.24, 2.45) is 5.84 Å². The standard InChI is InChI=1S/C16H17FN2S/c1-10-8-11(6-7-14(10)17)16(19-18)13-9-20-15-5-3-2-4-12(13)15/h2-8,13,16,19H,9,18H2,1H3. The number of rotatable bonds is 3. The topological polar surface area (TPSA) is 38.0 Å². The summed E-state index contributed by atoms with van der Waals surface area (Å²) >= 11 is 1.85. The fraction of sp³-hybridized carbons (Fsp3) is 0.250. The van der Waals surface area contributed by atoms with Gasteiger partial charge in [-0.3, -0.25) is 11.3 Å². The molecule has 3 N–H and O–H groups in total. The smallest absolute Gasteiger partial charge is 0.126 e. The van der Waals surface area contributed by atoms with Crippen molar-refractivity contribution in [3.05, 3.63) is 65.0 Å². The van der Waals surface area contributed by atoms with Crippen LogP contribution in [-0.2, 0) is 0 Å². The molecular formula is C16H17FN2S. The number of aryl methyl sites for hydroxylation is 1. The molecule has 0 amide bonds. The molecule has 0 spiro atoms. The van der Waals surface area contributed by atoms with Crippen LogP contribution >= 0.6 is 11.8 Å². The third kappa shape index (κ3) is 2.35. The highest BCUT2D eigenvalue weighted by Gasteiger charge is 2.30. The molecule has 2 nitrogen and oxygen atoms in total. The lowest BCUT2D eigenvalue weighted by molar-refractivity contribution is 0.484. The Morgan fingerprint density at radius 3 is 2.85 bits per heavy atom. The summed E-state index contributed by atoms with van der Waals surface area (Å²) in [5.41, 5.74) is 5.92. The zero-order valence-electron chi connectivity index (χ0n) is 11.3. The van der Waals surface area contributed by atoms with Crippen LogP contribution < -0.4 is 11.3 Å². The van der Waals surface area contributed by atoms with Crippen LogP contribution in [0.4, 0.5) is 4.39 Å². The Morgan fingerprint density at radius 1 is 1.30 bits per heavy atom. The van der Waals surface area contributed by atoms with E-state index in [1.165, 1.54) is 16.5 Å². The molecule has 1 heterocycles. The zero-order valence-corrected chi connectivity index (χ0v) is 12.1. The van der Waals surface area contributed by atoms with Crippen molar-refractivity contribution in [1.82, 2.24) is 5.43 Å². The van der Waals surface area contributed by atoms with Crippen molar-refractivity contribution in [2.75, 3.05) is 5.75 Å². The normalized spacial score (nSPS) is 18.9. The van der Waals surface area contributed by atoms with Gasteiger partial charge in [0.25, 0.3) is 0 Å². The maximum atomic E-state index is 13.4. The van der Waals surface area contributed by atoms with E-state index in [2.05, 4.69) is 29.7 Å². The first-order valence-electron chi connectivity index (χ1n) is 6.64. The monoisotopic (exact) mass is 288 g/mol. The van der Waals surface area contributed by atoms with Gasteiger partial charge in [-0.2, -0.15) is 0 Å². The van der Waals surface area contributed by atoms with Crippen LogP contribution in [0.15, 0.2) is 47.4 Å². The largest absolute Gasteiger partial charge is 0.271 e. The molecule has 0 bridgehead atoms. The Kier molecular flexibility index (Phi) is 3.78. The second kappa shape index (κ2) is 5.56. The van der Waals surface area contributed by atoms with Crippen LogP contribution in [0.1, 0.15) is 28.7 Å². The Hall–Kier alpha value is -1.36. The third-order valence-corrected chi connectivity index (χ3v) is 5.07. The predicted molar refractivity (Wildman–Crippen MR) is 81.1 cm³/mol. The zero-order chi connectivity index (χ0) is 14.1. The molecular weight excluding hydrogens is 271 g/mol. The molecule has 0 aromatic heterocycles. The van der Waals surface area contributed by atoms with Gasteiger partial charge in [0.15, 0.2) is 0 Å². The molecule has 4 heteroatoms. The molecule has 0 radical (unpaired) electrons. The van der Waals surface area contributed by atoms with Gasteiger partial charge in [0, 0.05) is 16.6 Å². The fourth-order valence-electron chi connectivity index (χ4n) is 2.77. The van der Waals surface area contributed by atoms with Gasteiger partial charge < -0.3 is 0 Å². The third-order valence-electron chi connectivity index (χ3n) is 3.86. The number of nitrogens with two attached hydrogens (primary N) is 1. The molecule has 2 aromatic carbocycles. The van der Waals surface area contributed by atoms with Crippen molar-refractivity contribution >= 4 is 11.8 Å². The van der Waals surface area contributed by atoms with E-state index in [4.69, 9.17) is 5.84 Å². The maximum absolute atomic E-state index is 13.4. The van der Waals surface area contributed by atoms with Gasteiger partial charge in [0.1, 0.15) is 5.82 Å². The predicted octanol–water partition coefficient (Wildman–Crippen LogP) is 3.53. The summed E-state index contributed by atoms with van der Waals surface area (Å²) in [6.45, 7) is 1.78. The highest BCUT2D eigenvalue weighted by atomic mass is 32.2. The molecule has 1 aliphatic heterocycles. The van der Waals surface area contributed by atoms with Gasteiger partial charge in [-0.05, 0) is 35.7 Å². The van der Waals surface area contributed by atoms with Gasteiger partial charge in [-0.15, -0.1) is 11.8 Å². The lowest BCUT2D eigenvalue weighted by Crippen LogP contribution is -2.32. The van der Waals surface area contributed by atoms with Gasteiger partial charge in [-0.25, -0.2) is 4.39 Å². The molecule has 0 fully saturated rings. The number of thioether (sulfide) groups is 1. The van der Waals surface area contributed by atoms with E-state index < -0.39 is 0 Å². The second-order valence-corrected chi connectivity index (χ2v) is 6.17. The van der Waals surface area contributed by atoms with E-state index >= 15 is 0 Å². The minimum Gasteiger partial charge on any atom is -0.271 e. The number of benzene rings is 2. The molecule has 0 saturated heterocycles. The lowest BCUT2D eigenvalue weighted by atomic mass is 9.88. The summed E-state index contributed by atoms with van der Waals surface area (Å²) in [5.74, 6) is 6.90. The maximum Gasteiger partial charge on any atom is 0.126 e. The van der Waals surface area contributed by atoms with Crippen molar-refractivity contribution < 1.29 is 4.39 Å². The Labute approximate surface area is 122 Å². The average molecular weight is 288 g/mol. The molecule has 1 aliphatic rings. The molecule has 2 aromatic rings. The van der Waals surface area contributed by atoms with Crippen LogP contribution in [0.25, 0.3) is 0 Å². The SMILES string of the molecule is Cc1cc(C(NN)C2CSc3ccccc32)ccc1F. The number of hydrogen-bond donors (Lipinski definition) is 2. The minimum atomic E-state index is -0.175. The summed E-state index contributed by atoms with van der Waals surface area (Å²) in [6.07, 6.45) is 0. The van der Waals surface area contributed by atoms with Crippen molar-refractivity contribution in [2.45, 2.75) is 23.8 Å². The molecule has 3 rings (SSSR count). The van der Waals surface area contributed by atoms with Crippen molar-refractivity contribution in [3.63, 3.8) is 0 Å². The van der Waals surface area contributed by atoms with Crippen LogP contribution in [0.3, 0.4) is 0 Å². The first kappa shape index (κ1) is 13.6. The summed E-state index contributed by atoms with van der Waals surface area (Å²) in [4.78, 5) is 1.32. The van der Waals surface area contributed by atoms with Crippen molar-refractivity contribution in [1.29, 1.82) is 0 Å². The van der Waals surface area contributed by atoms with E-state index in [0.29, 0.717) is 11.5 Å². The number of halogens is 1. The summed E-state index contributed by atoms with van der Waals surface area (Å²) in [5, 5.41) is 0.